The number of hydrogen-bond acceptors (Lipinski definition) is 4. The molecule has 1 heterocycles. The average molecular weight is 442 g/mol. The van der Waals surface area contributed by atoms with Gasteiger partial charge in [-0.05, 0) is 50.1 Å². The van der Waals surface area contributed by atoms with Crippen molar-refractivity contribution in [3.8, 4) is 22.6 Å². The third kappa shape index (κ3) is 4.48. The molecule has 0 spiro atoms. The molecule has 168 valence electrons. The second kappa shape index (κ2) is 9.65. The van der Waals surface area contributed by atoms with Gasteiger partial charge in [-0.1, -0.05) is 42.5 Å². The van der Waals surface area contributed by atoms with Gasteiger partial charge in [0.25, 0.3) is 0 Å². The summed E-state index contributed by atoms with van der Waals surface area (Å²) in [5, 5.41) is 3.88. The summed E-state index contributed by atoms with van der Waals surface area (Å²) in [5.74, 6) is 1.08. The standard InChI is InChI=1S/C28H27NO4/c1-5-32-27-19(3)28-22(23(17-33-28)20-11-7-6-8-12-20)16-21(27)18(2)15-26(30)29-24-13-9-10-14-25(24)31-4/h6-17H,5H2,1-4H3,(H,29,30)/b18-15+. The number of fused-ring (bicyclic) bond motifs is 1. The number of carbonyl (C=O) groups is 1. The Morgan fingerprint density at radius 1 is 1.09 bits per heavy atom. The molecular formula is C28H27NO4. The third-order valence-electron chi connectivity index (χ3n) is 5.55. The van der Waals surface area contributed by atoms with Gasteiger partial charge in [0.2, 0.25) is 5.91 Å². The van der Waals surface area contributed by atoms with E-state index in [4.69, 9.17) is 13.9 Å². The summed E-state index contributed by atoms with van der Waals surface area (Å²) in [6.07, 6.45) is 3.36. The number of allylic oxidation sites excluding steroid dienone is 1. The lowest BCUT2D eigenvalue weighted by Crippen LogP contribution is -2.10. The predicted octanol–water partition coefficient (Wildman–Crippen LogP) is 6.86. The molecule has 0 saturated carbocycles. The number of amides is 1. The van der Waals surface area contributed by atoms with Crippen molar-refractivity contribution >= 4 is 28.1 Å². The van der Waals surface area contributed by atoms with Crippen LogP contribution >= 0.6 is 0 Å². The van der Waals surface area contributed by atoms with Gasteiger partial charge in [0.05, 0.1) is 25.7 Å². The molecule has 1 aromatic heterocycles. The molecule has 4 aromatic rings. The van der Waals surface area contributed by atoms with Crippen molar-refractivity contribution < 1.29 is 18.7 Å². The Labute approximate surface area is 193 Å². The summed E-state index contributed by atoms with van der Waals surface area (Å²) in [7, 11) is 1.58. The highest BCUT2D eigenvalue weighted by molar-refractivity contribution is 6.06. The zero-order valence-corrected chi connectivity index (χ0v) is 19.3. The normalized spacial score (nSPS) is 11.5. The summed E-state index contributed by atoms with van der Waals surface area (Å²) in [6, 6.07) is 19.5. The number of furan rings is 1. The minimum Gasteiger partial charge on any atom is -0.495 e. The number of para-hydroxylation sites is 2. The lowest BCUT2D eigenvalue weighted by Gasteiger charge is -2.15. The van der Waals surface area contributed by atoms with Crippen LogP contribution in [0.15, 0.2) is 77.4 Å². The molecule has 1 N–H and O–H groups in total. The maximum absolute atomic E-state index is 12.8. The highest BCUT2D eigenvalue weighted by Gasteiger charge is 2.19. The van der Waals surface area contributed by atoms with Gasteiger partial charge in [-0.25, -0.2) is 0 Å². The van der Waals surface area contributed by atoms with E-state index in [2.05, 4.69) is 17.4 Å². The topological polar surface area (TPSA) is 60.7 Å². The molecule has 0 fully saturated rings. The third-order valence-corrected chi connectivity index (χ3v) is 5.55. The molecular weight excluding hydrogens is 414 g/mol. The predicted molar refractivity (Wildman–Crippen MR) is 133 cm³/mol. The van der Waals surface area contributed by atoms with Crippen LogP contribution < -0.4 is 14.8 Å². The highest BCUT2D eigenvalue weighted by atomic mass is 16.5. The fourth-order valence-electron chi connectivity index (χ4n) is 3.97. The van der Waals surface area contributed by atoms with E-state index < -0.39 is 0 Å². The van der Waals surface area contributed by atoms with E-state index >= 15 is 0 Å². The first-order valence-electron chi connectivity index (χ1n) is 10.9. The number of hydrogen-bond donors (Lipinski definition) is 1. The molecule has 3 aromatic carbocycles. The fraction of sp³-hybridized carbons (Fsp3) is 0.179. The van der Waals surface area contributed by atoms with Crippen molar-refractivity contribution in [2.45, 2.75) is 20.8 Å². The zero-order chi connectivity index (χ0) is 23.4. The first-order chi connectivity index (χ1) is 16.0. The molecule has 0 aliphatic rings. The van der Waals surface area contributed by atoms with Crippen molar-refractivity contribution in [2.24, 2.45) is 0 Å². The molecule has 5 nitrogen and oxygen atoms in total. The number of rotatable bonds is 7. The van der Waals surface area contributed by atoms with Crippen molar-refractivity contribution in [3.05, 3.63) is 84.1 Å². The quantitative estimate of drug-likeness (QED) is 0.318. The first kappa shape index (κ1) is 22.2. The van der Waals surface area contributed by atoms with Gasteiger partial charge < -0.3 is 19.2 Å². The van der Waals surface area contributed by atoms with E-state index in [0.717, 1.165) is 44.5 Å². The smallest absolute Gasteiger partial charge is 0.248 e. The maximum Gasteiger partial charge on any atom is 0.248 e. The van der Waals surface area contributed by atoms with E-state index in [0.29, 0.717) is 18.0 Å². The summed E-state index contributed by atoms with van der Waals surface area (Å²) in [5.41, 5.74) is 6.03. The Kier molecular flexibility index (Phi) is 6.50. The first-order valence-corrected chi connectivity index (χ1v) is 10.9. The number of carbonyl (C=O) groups excluding carboxylic acids is 1. The number of ether oxygens (including phenoxy) is 2. The van der Waals surface area contributed by atoms with Crippen molar-refractivity contribution in [1.29, 1.82) is 0 Å². The summed E-state index contributed by atoms with van der Waals surface area (Å²) < 4.78 is 17.3. The SMILES string of the molecule is CCOc1c(/C(C)=C/C(=O)Nc2ccccc2OC)cc2c(-c3ccccc3)coc2c1C. The second-order valence-electron chi connectivity index (χ2n) is 7.72. The number of methoxy groups -OCH3 is 1. The van der Waals surface area contributed by atoms with Crippen molar-refractivity contribution in [2.75, 3.05) is 19.0 Å². The van der Waals surface area contributed by atoms with Gasteiger partial charge >= 0.3 is 0 Å². The van der Waals surface area contributed by atoms with Crippen LogP contribution in [0, 0.1) is 6.92 Å². The summed E-state index contributed by atoms with van der Waals surface area (Å²) in [6.45, 7) is 6.34. The molecule has 0 atom stereocenters. The van der Waals surface area contributed by atoms with E-state index in [1.165, 1.54) is 0 Å². The molecule has 0 aliphatic heterocycles. The van der Waals surface area contributed by atoms with Crippen LogP contribution in [0.2, 0.25) is 0 Å². The highest BCUT2D eigenvalue weighted by Crippen LogP contribution is 2.40. The number of anilines is 1. The average Bonchev–Trinajstić information content (AvgIpc) is 3.26. The monoisotopic (exact) mass is 441 g/mol. The van der Waals surface area contributed by atoms with Crippen LogP contribution in [0.5, 0.6) is 11.5 Å². The largest absolute Gasteiger partial charge is 0.495 e. The molecule has 0 unspecified atom stereocenters. The van der Waals surface area contributed by atoms with Crippen molar-refractivity contribution in [1.82, 2.24) is 0 Å². The fourth-order valence-corrected chi connectivity index (χ4v) is 3.97. The maximum atomic E-state index is 12.8. The van der Waals surface area contributed by atoms with E-state index in [9.17, 15) is 4.79 Å². The molecule has 0 saturated heterocycles. The van der Waals surface area contributed by atoms with Gasteiger partial charge in [0.15, 0.2) is 0 Å². The van der Waals surface area contributed by atoms with Crippen LogP contribution in [0.3, 0.4) is 0 Å². The molecule has 0 aliphatic carbocycles. The molecule has 1 amide bonds. The molecule has 0 bridgehead atoms. The molecule has 4 rings (SSSR count). The van der Waals surface area contributed by atoms with Crippen LogP contribution in [0.25, 0.3) is 27.7 Å². The van der Waals surface area contributed by atoms with Gasteiger partial charge in [-0.3, -0.25) is 4.79 Å². The Hall–Kier alpha value is -3.99. The van der Waals surface area contributed by atoms with Gasteiger partial charge in [-0.2, -0.15) is 0 Å². The van der Waals surface area contributed by atoms with Crippen LogP contribution in [0.1, 0.15) is 25.0 Å². The number of nitrogens with one attached hydrogen (secondary N) is 1. The number of benzene rings is 3. The number of aryl methyl sites for hydroxylation is 1. The Bertz CT molecular complexity index is 1320. The van der Waals surface area contributed by atoms with Gasteiger partial charge in [-0.15, -0.1) is 0 Å². The minimum atomic E-state index is -0.243. The van der Waals surface area contributed by atoms with Gasteiger partial charge in [0, 0.05) is 28.2 Å². The lowest BCUT2D eigenvalue weighted by atomic mass is 9.96. The minimum absolute atomic E-state index is 0.243. The van der Waals surface area contributed by atoms with E-state index in [1.807, 2.05) is 57.2 Å². The molecule has 0 radical (unpaired) electrons. The Balaban J connectivity index is 1.77. The van der Waals surface area contributed by atoms with E-state index in [1.54, 1.807) is 31.6 Å². The van der Waals surface area contributed by atoms with Crippen LogP contribution in [-0.4, -0.2) is 19.6 Å². The second-order valence-corrected chi connectivity index (χ2v) is 7.72. The van der Waals surface area contributed by atoms with Gasteiger partial charge in [0.1, 0.15) is 17.1 Å². The van der Waals surface area contributed by atoms with Crippen LogP contribution in [0.4, 0.5) is 5.69 Å². The van der Waals surface area contributed by atoms with E-state index in [-0.39, 0.29) is 5.91 Å². The van der Waals surface area contributed by atoms with Crippen molar-refractivity contribution in [3.63, 3.8) is 0 Å². The van der Waals surface area contributed by atoms with Crippen LogP contribution in [-0.2, 0) is 4.79 Å². The molecule has 5 heteroatoms. The Morgan fingerprint density at radius 3 is 2.55 bits per heavy atom. The lowest BCUT2D eigenvalue weighted by molar-refractivity contribution is -0.111. The Morgan fingerprint density at radius 2 is 1.82 bits per heavy atom. The molecule has 33 heavy (non-hydrogen) atoms. The summed E-state index contributed by atoms with van der Waals surface area (Å²) in [4.78, 5) is 12.8. The summed E-state index contributed by atoms with van der Waals surface area (Å²) >= 11 is 0. The zero-order valence-electron chi connectivity index (χ0n) is 19.3.